The lowest BCUT2D eigenvalue weighted by atomic mass is 9.89. The van der Waals surface area contributed by atoms with Crippen LogP contribution in [-0.2, 0) is 0 Å². The highest BCUT2D eigenvalue weighted by Crippen LogP contribution is 2.33. The van der Waals surface area contributed by atoms with Gasteiger partial charge in [0.2, 0.25) is 0 Å². The van der Waals surface area contributed by atoms with Gasteiger partial charge in [0.05, 0.1) is 0 Å². The first kappa shape index (κ1) is 14.1. The van der Waals surface area contributed by atoms with Gasteiger partial charge >= 0.3 is 0 Å². The van der Waals surface area contributed by atoms with Gasteiger partial charge < -0.3 is 14.3 Å². The molecule has 4 heteroatoms. The largest absolute Gasteiger partial charge is 0.456 e. The molecule has 1 aliphatic heterocycles. The van der Waals surface area contributed by atoms with Crippen molar-refractivity contribution in [2.45, 2.75) is 25.7 Å². The number of hydrogen-bond donors (Lipinski definition) is 1. The molecule has 3 heterocycles. The van der Waals surface area contributed by atoms with Gasteiger partial charge in [-0.05, 0) is 49.4 Å². The van der Waals surface area contributed by atoms with Crippen molar-refractivity contribution < 1.29 is 9.21 Å². The van der Waals surface area contributed by atoms with Crippen molar-refractivity contribution in [1.29, 1.82) is 0 Å². The summed E-state index contributed by atoms with van der Waals surface area (Å²) in [5.74, 6) is 1.75. The summed E-state index contributed by atoms with van der Waals surface area (Å²) in [4.78, 5) is 17.7. The van der Waals surface area contributed by atoms with Gasteiger partial charge in [-0.1, -0.05) is 18.2 Å². The molecule has 4 nitrogen and oxygen atoms in total. The molecular formula is C19H20N2O2. The number of H-pyrrole nitrogens is 1. The number of aromatic nitrogens is 1. The van der Waals surface area contributed by atoms with E-state index in [1.165, 1.54) is 16.5 Å². The molecule has 0 atom stereocenters. The minimum atomic E-state index is 0.00970. The van der Waals surface area contributed by atoms with E-state index in [0.29, 0.717) is 11.7 Å². The lowest BCUT2D eigenvalue weighted by Crippen LogP contribution is -2.37. The minimum absolute atomic E-state index is 0.00970. The van der Waals surface area contributed by atoms with Gasteiger partial charge in [-0.25, -0.2) is 0 Å². The van der Waals surface area contributed by atoms with Crippen molar-refractivity contribution in [3.8, 4) is 0 Å². The molecule has 1 aliphatic rings. The Balaban J connectivity index is 1.48. The first-order valence-corrected chi connectivity index (χ1v) is 8.14. The van der Waals surface area contributed by atoms with Gasteiger partial charge in [0.25, 0.3) is 5.91 Å². The lowest BCUT2D eigenvalue weighted by molar-refractivity contribution is 0.0679. The average molecular weight is 308 g/mol. The zero-order chi connectivity index (χ0) is 15.8. The summed E-state index contributed by atoms with van der Waals surface area (Å²) in [6.07, 6.45) is 4.11. The van der Waals surface area contributed by atoms with Crippen LogP contribution in [0.15, 0.2) is 47.0 Å². The molecule has 1 saturated heterocycles. The fourth-order valence-electron chi connectivity index (χ4n) is 3.53. The van der Waals surface area contributed by atoms with Gasteiger partial charge in [-0.2, -0.15) is 0 Å². The van der Waals surface area contributed by atoms with Crippen LogP contribution in [0, 0.1) is 6.92 Å². The monoisotopic (exact) mass is 308 g/mol. The summed E-state index contributed by atoms with van der Waals surface area (Å²) in [7, 11) is 0. The molecule has 4 rings (SSSR count). The molecule has 1 fully saturated rings. The van der Waals surface area contributed by atoms with E-state index < -0.39 is 0 Å². The number of hydrogen-bond acceptors (Lipinski definition) is 2. The summed E-state index contributed by atoms with van der Waals surface area (Å²) in [5, 5.41) is 1.30. The Labute approximate surface area is 135 Å². The fraction of sp³-hybridized carbons (Fsp3) is 0.316. The first-order valence-electron chi connectivity index (χ1n) is 8.14. The number of carbonyl (C=O) groups excluding carboxylic acids is 1. The molecule has 0 saturated carbocycles. The van der Waals surface area contributed by atoms with E-state index in [-0.39, 0.29) is 5.91 Å². The quantitative estimate of drug-likeness (QED) is 0.775. The lowest BCUT2D eigenvalue weighted by Gasteiger charge is -2.31. The molecule has 0 spiro atoms. The number of amides is 1. The molecule has 1 N–H and O–H groups in total. The molecule has 1 amide bonds. The van der Waals surface area contributed by atoms with Gasteiger partial charge in [0.15, 0.2) is 5.76 Å². The molecule has 0 bridgehead atoms. The predicted molar refractivity (Wildman–Crippen MR) is 89.6 cm³/mol. The Morgan fingerprint density at radius 2 is 1.96 bits per heavy atom. The molecule has 118 valence electrons. The number of nitrogens with one attached hydrogen (secondary N) is 1. The van der Waals surface area contributed by atoms with E-state index in [1.807, 2.05) is 17.9 Å². The predicted octanol–water partition coefficient (Wildman–Crippen LogP) is 4.09. The van der Waals surface area contributed by atoms with E-state index in [1.54, 1.807) is 6.07 Å². The average Bonchev–Trinajstić information content (AvgIpc) is 3.21. The van der Waals surface area contributed by atoms with E-state index in [9.17, 15) is 4.79 Å². The number of benzene rings is 1. The van der Waals surface area contributed by atoms with Gasteiger partial charge in [0, 0.05) is 30.2 Å². The number of aryl methyl sites for hydroxylation is 1. The second kappa shape index (κ2) is 5.61. The number of furan rings is 1. The van der Waals surface area contributed by atoms with Gasteiger partial charge in [-0.3, -0.25) is 4.79 Å². The molecule has 0 aliphatic carbocycles. The standard InChI is InChI=1S/C19H20N2O2/c1-13-6-7-18(23-13)19(22)21-10-8-14(9-11-21)16-12-20-17-5-3-2-4-15(16)17/h2-7,12,14,20H,8-11H2,1H3. The smallest absolute Gasteiger partial charge is 0.289 e. The highest BCUT2D eigenvalue weighted by molar-refractivity contribution is 5.91. The van der Waals surface area contributed by atoms with E-state index in [2.05, 4.69) is 35.4 Å². The maximum Gasteiger partial charge on any atom is 0.289 e. The van der Waals surface area contributed by atoms with E-state index in [4.69, 9.17) is 4.42 Å². The maximum atomic E-state index is 12.4. The van der Waals surface area contributed by atoms with Crippen LogP contribution in [0.4, 0.5) is 0 Å². The van der Waals surface area contributed by atoms with Crippen LogP contribution in [0.3, 0.4) is 0 Å². The van der Waals surface area contributed by atoms with Crippen molar-refractivity contribution in [3.63, 3.8) is 0 Å². The molecule has 3 aromatic rings. The van der Waals surface area contributed by atoms with Crippen molar-refractivity contribution in [3.05, 3.63) is 59.7 Å². The van der Waals surface area contributed by atoms with Crippen LogP contribution in [0.25, 0.3) is 10.9 Å². The van der Waals surface area contributed by atoms with Gasteiger partial charge in [0.1, 0.15) is 5.76 Å². The molecule has 0 unspecified atom stereocenters. The first-order chi connectivity index (χ1) is 11.2. The van der Waals surface area contributed by atoms with E-state index >= 15 is 0 Å². The van der Waals surface area contributed by atoms with Crippen LogP contribution in [0.2, 0.25) is 0 Å². The molecule has 2 aromatic heterocycles. The normalized spacial score (nSPS) is 16.1. The fourth-order valence-corrected chi connectivity index (χ4v) is 3.53. The third kappa shape index (κ3) is 2.54. The molecular weight excluding hydrogens is 288 g/mol. The Hall–Kier alpha value is -2.49. The Bertz CT molecular complexity index is 838. The Morgan fingerprint density at radius 3 is 2.70 bits per heavy atom. The second-order valence-electron chi connectivity index (χ2n) is 6.27. The molecule has 0 radical (unpaired) electrons. The van der Waals surface area contributed by atoms with Crippen molar-refractivity contribution in [1.82, 2.24) is 9.88 Å². The number of rotatable bonds is 2. The third-order valence-corrected chi connectivity index (χ3v) is 4.79. The SMILES string of the molecule is Cc1ccc(C(=O)N2CCC(c3c[nH]c4ccccc34)CC2)o1. The van der Waals surface area contributed by atoms with Crippen LogP contribution < -0.4 is 0 Å². The summed E-state index contributed by atoms with van der Waals surface area (Å²) < 4.78 is 5.46. The number of nitrogens with zero attached hydrogens (tertiary/aromatic N) is 1. The van der Waals surface area contributed by atoms with Crippen LogP contribution in [0.5, 0.6) is 0 Å². The van der Waals surface area contributed by atoms with Crippen molar-refractivity contribution >= 4 is 16.8 Å². The van der Waals surface area contributed by atoms with Gasteiger partial charge in [-0.15, -0.1) is 0 Å². The van der Waals surface area contributed by atoms with Crippen LogP contribution >= 0.6 is 0 Å². The zero-order valence-electron chi connectivity index (χ0n) is 13.2. The molecule has 1 aromatic carbocycles. The zero-order valence-corrected chi connectivity index (χ0v) is 13.2. The summed E-state index contributed by atoms with van der Waals surface area (Å²) >= 11 is 0. The molecule has 23 heavy (non-hydrogen) atoms. The summed E-state index contributed by atoms with van der Waals surface area (Å²) in [6.45, 7) is 3.42. The van der Waals surface area contributed by atoms with Crippen molar-refractivity contribution in [2.75, 3.05) is 13.1 Å². The van der Waals surface area contributed by atoms with Crippen molar-refractivity contribution in [2.24, 2.45) is 0 Å². The highest BCUT2D eigenvalue weighted by Gasteiger charge is 2.27. The Morgan fingerprint density at radius 1 is 1.17 bits per heavy atom. The van der Waals surface area contributed by atoms with Crippen LogP contribution in [-0.4, -0.2) is 28.9 Å². The maximum absolute atomic E-state index is 12.4. The highest BCUT2D eigenvalue weighted by atomic mass is 16.3. The van der Waals surface area contributed by atoms with Crippen LogP contribution in [0.1, 0.15) is 40.6 Å². The second-order valence-corrected chi connectivity index (χ2v) is 6.27. The third-order valence-electron chi connectivity index (χ3n) is 4.79. The number of likely N-dealkylation sites (tertiary alicyclic amines) is 1. The number of piperidine rings is 1. The summed E-state index contributed by atoms with van der Waals surface area (Å²) in [5.41, 5.74) is 2.56. The number of para-hydroxylation sites is 1. The number of aromatic amines is 1. The summed E-state index contributed by atoms with van der Waals surface area (Å²) in [6, 6.07) is 12.0. The Kier molecular flexibility index (Phi) is 3.45. The topological polar surface area (TPSA) is 49.2 Å². The number of fused-ring (bicyclic) bond motifs is 1. The number of carbonyl (C=O) groups is 1. The minimum Gasteiger partial charge on any atom is -0.456 e. The van der Waals surface area contributed by atoms with E-state index in [0.717, 1.165) is 31.7 Å².